The number of phenols is 1. The summed E-state index contributed by atoms with van der Waals surface area (Å²) in [5.41, 5.74) is 0. The Labute approximate surface area is 152 Å². The quantitative estimate of drug-likeness (QED) is 0.805. The number of likely N-dealkylation sites (tertiary alicyclic amines) is 1. The fourth-order valence-electron chi connectivity index (χ4n) is 2.80. The Balaban J connectivity index is 0.00000242. The number of phenolic OH excluding ortho intramolecular Hbond substituents is 1. The molecule has 1 aromatic carbocycles. The average Bonchev–Trinajstić information content (AvgIpc) is 2.48. The Kier molecular flexibility index (Phi) is 11.4. The Hall–Kier alpha value is -0.680. The van der Waals surface area contributed by atoms with Crippen molar-refractivity contribution in [2.24, 2.45) is 5.92 Å². The smallest absolute Gasteiger partial charge is 0.160 e. The second-order valence-electron chi connectivity index (χ2n) is 6.19. The van der Waals surface area contributed by atoms with Crippen molar-refractivity contribution in [2.45, 2.75) is 19.3 Å². The van der Waals surface area contributed by atoms with Crippen LogP contribution in [0.2, 0.25) is 0 Å². The lowest BCUT2D eigenvalue weighted by molar-refractivity contribution is 0.146. The van der Waals surface area contributed by atoms with E-state index in [9.17, 15) is 5.11 Å². The molecule has 0 aromatic heterocycles. The number of hydrogen-bond donors (Lipinski definition) is 1. The molecule has 0 spiro atoms. The summed E-state index contributed by atoms with van der Waals surface area (Å²) in [5.74, 6) is 1.68. The first-order valence-corrected chi connectivity index (χ1v) is 7.93. The first-order chi connectivity index (χ1) is 10.1. The molecule has 0 bridgehead atoms. The van der Waals surface area contributed by atoms with Crippen molar-refractivity contribution in [2.75, 3.05) is 46.9 Å². The molecule has 1 N–H and O–H groups in total. The molecule has 23 heavy (non-hydrogen) atoms. The molecule has 1 aliphatic rings. The van der Waals surface area contributed by atoms with Gasteiger partial charge in [-0.2, -0.15) is 0 Å². The van der Waals surface area contributed by atoms with Crippen LogP contribution >= 0.6 is 24.8 Å². The molecule has 1 heterocycles. The van der Waals surface area contributed by atoms with Crippen LogP contribution in [0.1, 0.15) is 19.3 Å². The molecule has 1 saturated heterocycles. The van der Waals surface area contributed by atoms with Gasteiger partial charge in [-0.25, -0.2) is 0 Å². The minimum Gasteiger partial charge on any atom is -0.504 e. The molecule has 1 aromatic rings. The van der Waals surface area contributed by atoms with Gasteiger partial charge in [0.05, 0.1) is 0 Å². The van der Waals surface area contributed by atoms with Gasteiger partial charge in [0.15, 0.2) is 11.5 Å². The van der Waals surface area contributed by atoms with Crippen molar-refractivity contribution in [3.05, 3.63) is 24.3 Å². The fraction of sp³-hybridized carbons (Fsp3) is 0.647. The van der Waals surface area contributed by atoms with Gasteiger partial charge in [0, 0.05) is 6.54 Å². The molecule has 0 amide bonds. The van der Waals surface area contributed by atoms with E-state index >= 15 is 0 Å². The van der Waals surface area contributed by atoms with E-state index in [0.717, 1.165) is 12.5 Å². The van der Waals surface area contributed by atoms with Crippen molar-refractivity contribution >= 4 is 24.8 Å². The van der Waals surface area contributed by atoms with Crippen molar-refractivity contribution < 1.29 is 9.84 Å². The van der Waals surface area contributed by atoms with Crippen LogP contribution in [0.5, 0.6) is 11.5 Å². The van der Waals surface area contributed by atoms with Gasteiger partial charge in [-0.1, -0.05) is 12.1 Å². The summed E-state index contributed by atoms with van der Waals surface area (Å²) in [6.07, 6.45) is 3.91. The number of piperidine rings is 1. The molecule has 1 fully saturated rings. The topological polar surface area (TPSA) is 35.9 Å². The summed E-state index contributed by atoms with van der Waals surface area (Å²) < 4.78 is 5.65. The summed E-state index contributed by atoms with van der Waals surface area (Å²) >= 11 is 0. The lowest BCUT2D eigenvalue weighted by Crippen LogP contribution is -2.37. The van der Waals surface area contributed by atoms with Crippen LogP contribution in [0.4, 0.5) is 0 Å². The van der Waals surface area contributed by atoms with Gasteiger partial charge < -0.3 is 14.7 Å². The second-order valence-corrected chi connectivity index (χ2v) is 6.19. The summed E-state index contributed by atoms with van der Waals surface area (Å²) in [6.45, 7) is 5.11. The first-order valence-electron chi connectivity index (χ1n) is 7.93. The van der Waals surface area contributed by atoms with E-state index in [1.165, 1.54) is 38.9 Å². The zero-order valence-corrected chi connectivity index (χ0v) is 15.7. The highest BCUT2D eigenvalue weighted by Gasteiger charge is 2.18. The first kappa shape index (κ1) is 22.3. The van der Waals surface area contributed by atoms with Crippen molar-refractivity contribution in [1.82, 2.24) is 9.80 Å². The Morgan fingerprint density at radius 3 is 2.43 bits per heavy atom. The van der Waals surface area contributed by atoms with Gasteiger partial charge in [-0.3, -0.25) is 4.90 Å². The summed E-state index contributed by atoms with van der Waals surface area (Å²) in [7, 11) is 4.29. The minimum absolute atomic E-state index is 0. The number of benzene rings is 1. The van der Waals surface area contributed by atoms with Crippen LogP contribution < -0.4 is 4.74 Å². The molecule has 2 rings (SSSR count). The molecular formula is C17H30Cl2N2O2. The molecule has 134 valence electrons. The van der Waals surface area contributed by atoms with Crippen LogP contribution in [0.25, 0.3) is 0 Å². The van der Waals surface area contributed by atoms with E-state index in [2.05, 4.69) is 23.9 Å². The molecule has 4 nitrogen and oxygen atoms in total. The number of nitrogens with zero attached hydrogens (tertiary/aromatic N) is 2. The number of rotatable bonds is 7. The highest BCUT2D eigenvalue weighted by Crippen LogP contribution is 2.24. The van der Waals surface area contributed by atoms with Gasteiger partial charge in [0.1, 0.15) is 6.61 Å². The van der Waals surface area contributed by atoms with Gasteiger partial charge in [-0.05, 0) is 71.0 Å². The zero-order valence-electron chi connectivity index (χ0n) is 14.1. The Morgan fingerprint density at radius 1 is 1.17 bits per heavy atom. The van der Waals surface area contributed by atoms with Gasteiger partial charge >= 0.3 is 0 Å². The summed E-state index contributed by atoms with van der Waals surface area (Å²) in [6, 6.07) is 7.15. The predicted octanol–water partition coefficient (Wildman–Crippen LogP) is 3.28. The monoisotopic (exact) mass is 364 g/mol. The largest absolute Gasteiger partial charge is 0.504 e. The maximum atomic E-state index is 9.64. The van der Waals surface area contributed by atoms with E-state index in [1.54, 1.807) is 12.1 Å². The predicted molar refractivity (Wildman–Crippen MR) is 100 cm³/mol. The third-order valence-corrected chi connectivity index (χ3v) is 4.22. The van der Waals surface area contributed by atoms with E-state index < -0.39 is 0 Å². The van der Waals surface area contributed by atoms with Crippen molar-refractivity contribution in [3.8, 4) is 11.5 Å². The Morgan fingerprint density at radius 2 is 1.83 bits per heavy atom. The normalized spacial score (nSPS) is 15.8. The van der Waals surface area contributed by atoms with E-state index in [0.29, 0.717) is 12.4 Å². The second kappa shape index (κ2) is 11.8. The van der Waals surface area contributed by atoms with E-state index in [4.69, 9.17) is 4.74 Å². The Bertz CT molecular complexity index is 425. The highest BCUT2D eigenvalue weighted by molar-refractivity contribution is 5.85. The number of halogens is 2. The molecule has 0 saturated carbocycles. The third-order valence-electron chi connectivity index (χ3n) is 4.22. The molecule has 0 aliphatic carbocycles. The molecule has 0 radical (unpaired) electrons. The van der Waals surface area contributed by atoms with E-state index in [-0.39, 0.29) is 30.6 Å². The van der Waals surface area contributed by atoms with Crippen LogP contribution in [0.3, 0.4) is 0 Å². The maximum absolute atomic E-state index is 9.64. The van der Waals surface area contributed by atoms with Crippen LogP contribution in [-0.4, -0.2) is 61.8 Å². The van der Waals surface area contributed by atoms with E-state index in [1.807, 2.05) is 12.1 Å². The third kappa shape index (κ3) is 8.11. The minimum atomic E-state index is 0. The standard InChI is InChI=1S/C17H28N2O2.2ClH/c1-18(2)10-7-15-8-11-19(12-9-15)13-14-21-17-6-4-3-5-16(17)20;;/h3-6,15,20H,7-14H2,1-2H3;2*1H. The lowest BCUT2D eigenvalue weighted by Gasteiger charge is -2.32. The summed E-state index contributed by atoms with van der Waals surface area (Å²) in [5, 5.41) is 9.64. The number of ether oxygens (including phenoxy) is 1. The number of hydrogen-bond acceptors (Lipinski definition) is 4. The van der Waals surface area contributed by atoms with Crippen LogP contribution in [0, 0.1) is 5.92 Å². The molecule has 0 unspecified atom stereocenters. The van der Waals surface area contributed by atoms with Gasteiger partial charge in [0.25, 0.3) is 0 Å². The number of para-hydroxylation sites is 2. The molecule has 0 atom stereocenters. The molecular weight excluding hydrogens is 335 g/mol. The van der Waals surface area contributed by atoms with Crippen molar-refractivity contribution in [3.63, 3.8) is 0 Å². The van der Waals surface area contributed by atoms with Crippen molar-refractivity contribution in [1.29, 1.82) is 0 Å². The maximum Gasteiger partial charge on any atom is 0.160 e. The molecule has 6 heteroatoms. The zero-order chi connectivity index (χ0) is 15.1. The molecule has 1 aliphatic heterocycles. The van der Waals surface area contributed by atoms with Gasteiger partial charge in [-0.15, -0.1) is 24.8 Å². The SMILES string of the molecule is CN(C)CCC1CCN(CCOc2ccccc2O)CC1.Cl.Cl. The number of aromatic hydroxyl groups is 1. The highest BCUT2D eigenvalue weighted by atomic mass is 35.5. The average molecular weight is 365 g/mol. The van der Waals surface area contributed by atoms with Crippen LogP contribution in [0.15, 0.2) is 24.3 Å². The fourth-order valence-corrected chi connectivity index (χ4v) is 2.80. The van der Waals surface area contributed by atoms with Gasteiger partial charge in [0.2, 0.25) is 0 Å². The summed E-state index contributed by atoms with van der Waals surface area (Å²) in [4.78, 5) is 4.73. The van der Waals surface area contributed by atoms with Crippen LogP contribution in [-0.2, 0) is 0 Å². The lowest BCUT2D eigenvalue weighted by atomic mass is 9.93.